The minimum atomic E-state index is -0.620. The van der Waals surface area contributed by atoms with Gasteiger partial charge < -0.3 is 4.74 Å². The number of hydrogen-bond donors (Lipinski definition) is 0. The molecule has 0 radical (unpaired) electrons. The van der Waals surface area contributed by atoms with Crippen LogP contribution in [0.1, 0.15) is 39.5 Å². The van der Waals surface area contributed by atoms with Crippen LogP contribution in [0, 0.1) is 5.92 Å². The van der Waals surface area contributed by atoms with Gasteiger partial charge in [-0.25, -0.2) is 0 Å². The Balaban J connectivity index is 0.00000196. The van der Waals surface area contributed by atoms with Crippen molar-refractivity contribution in [2.24, 2.45) is 11.0 Å². The van der Waals surface area contributed by atoms with E-state index in [2.05, 4.69) is 14.8 Å². The van der Waals surface area contributed by atoms with E-state index in [-0.39, 0.29) is 13.3 Å². The molecule has 1 atom stereocenters. The van der Waals surface area contributed by atoms with Crippen LogP contribution in [0.2, 0.25) is 0 Å². The molecule has 1 rings (SSSR count). The van der Waals surface area contributed by atoms with Crippen LogP contribution in [0.3, 0.4) is 0 Å². The third-order valence-electron chi connectivity index (χ3n) is 2.72. The van der Waals surface area contributed by atoms with Crippen molar-refractivity contribution >= 4 is 5.97 Å². The van der Waals surface area contributed by atoms with Crippen molar-refractivity contribution in [1.29, 1.82) is 0 Å². The molecule has 1 fully saturated rings. The first-order chi connectivity index (χ1) is 6.79. The van der Waals surface area contributed by atoms with Crippen molar-refractivity contribution < 1.29 is 9.53 Å². The topological polar surface area (TPSA) is 75.1 Å². The second-order valence-corrected chi connectivity index (χ2v) is 3.57. The van der Waals surface area contributed by atoms with Crippen LogP contribution in [0.15, 0.2) is 5.11 Å². The van der Waals surface area contributed by atoms with Gasteiger partial charge in [-0.2, -0.15) is 0 Å². The van der Waals surface area contributed by atoms with Gasteiger partial charge in [0.05, 0.1) is 7.11 Å². The normalized spacial score (nSPS) is 18.2. The summed E-state index contributed by atoms with van der Waals surface area (Å²) in [6, 6.07) is -0.620. The Labute approximate surface area is 90.4 Å². The van der Waals surface area contributed by atoms with Crippen LogP contribution < -0.4 is 0 Å². The maximum atomic E-state index is 11.3. The van der Waals surface area contributed by atoms with E-state index < -0.39 is 12.0 Å². The van der Waals surface area contributed by atoms with Gasteiger partial charge in [0.2, 0.25) is 0 Å². The van der Waals surface area contributed by atoms with Gasteiger partial charge in [0.1, 0.15) is 6.04 Å². The quantitative estimate of drug-likeness (QED) is 0.312. The minimum Gasteiger partial charge on any atom is -0.469 e. The van der Waals surface area contributed by atoms with Crippen molar-refractivity contribution in [3.63, 3.8) is 0 Å². The van der Waals surface area contributed by atoms with Crippen LogP contribution in [-0.2, 0) is 9.53 Å². The fraction of sp³-hybridized carbons (Fsp3) is 0.900. The highest BCUT2D eigenvalue weighted by atomic mass is 16.5. The number of carbonyl (C=O) groups is 1. The van der Waals surface area contributed by atoms with Crippen molar-refractivity contribution in [2.45, 2.75) is 45.6 Å². The van der Waals surface area contributed by atoms with Gasteiger partial charge >= 0.3 is 5.97 Å². The Morgan fingerprint density at radius 3 is 2.53 bits per heavy atom. The van der Waals surface area contributed by atoms with Crippen LogP contribution >= 0.6 is 0 Å². The summed E-state index contributed by atoms with van der Waals surface area (Å²) in [5.74, 6) is -0.234. The second kappa shape index (κ2) is 7.12. The molecule has 0 aromatic rings. The largest absolute Gasteiger partial charge is 0.469 e. The summed E-state index contributed by atoms with van der Waals surface area (Å²) in [5, 5.41) is 3.52. The molecule has 0 unspecified atom stereocenters. The molecular weight excluding hydrogens is 194 g/mol. The van der Waals surface area contributed by atoms with Crippen LogP contribution in [0.4, 0.5) is 0 Å². The molecule has 0 saturated heterocycles. The highest BCUT2D eigenvalue weighted by Crippen LogP contribution is 2.28. The van der Waals surface area contributed by atoms with E-state index in [4.69, 9.17) is 5.53 Å². The van der Waals surface area contributed by atoms with E-state index in [1.54, 1.807) is 0 Å². The molecule has 0 aromatic carbocycles. The first-order valence-electron chi connectivity index (χ1n) is 4.91. The number of hydrogen-bond acceptors (Lipinski definition) is 3. The summed E-state index contributed by atoms with van der Waals surface area (Å²) in [4.78, 5) is 14.0. The lowest BCUT2D eigenvalue weighted by Crippen LogP contribution is -2.30. The molecule has 5 heteroatoms. The number of azide groups is 1. The van der Waals surface area contributed by atoms with E-state index in [0.29, 0.717) is 0 Å². The van der Waals surface area contributed by atoms with Crippen LogP contribution in [0.5, 0.6) is 0 Å². The molecule has 0 heterocycles. The number of methoxy groups -OCH3 is 1. The van der Waals surface area contributed by atoms with Gasteiger partial charge in [-0.15, -0.1) is 0 Å². The van der Waals surface area contributed by atoms with E-state index in [9.17, 15) is 4.79 Å². The standard InChI is InChI=1S/C9H15N3O2.CH4/c1-14-9(13)8(11-12-10)7-5-3-2-4-6-7;/h7-8H,2-6H2,1H3;1H4/t8-;/m1./s1. The van der Waals surface area contributed by atoms with E-state index >= 15 is 0 Å². The highest BCUT2D eigenvalue weighted by molar-refractivity contribution is 5.76. The Kier molecular flexibility index (Phi) is 6.54. The lowest BCUT2D eigenvalue weighted by Gasteiger charge is -2.25. The zero-order valence-electron chi connectivity index (χ0n) is 8.35. The van der Waals surface area contributed by atoms with E-state index in [1.807, 2.05) is 0 Å². The molecule has 0 aromatic heterocycles. The molecule has 0 spiro atoms. The van der Waals surface area contributed by atoms with Gasteiger partial charge in [-0.1, -0.05) is 31.8 Å². The fourth-order valence-corrected chi connectivity index (χ4v) is 1.96. The second-order valence-electron chi connectivity index (χ2n) is 3.57. The van der Waals surface area contributed by atoms with Gasteiger partial charge in [-0.05, 0) is 24.3 Å². The Morgan fingerprint density at radius 1 is 1.47 bits per heavy atom. The first kappa shape index (κ1) is 13.8. The zero-order chi connectivity index (χ0) is 10.4. The molecule has 0 N–H and O–H groups in total. The summed E-state index contributed by atoms with van der Waals surface area (Å²) in [6.07, 6.45) is 5.34. The monoisotopic (exact) mass is 213 g/mol. The molecule has 15 heavy (non-hydrogen) atoms. The van der Waals surface area contributed by atoms with Gasteiger partial charge in [-0.3, -0.25) is 4.79 Å². The van der Waals surface area contributed by atoms with Gasteiger partial charge in [0.15, 0.2) is 0 Å². The number of carbonyl (C=O) groups excluding carboxylic acids is 1. The Hall–Kier alpha value is -1.22. The average Bonchev–Trinajstić information content (AvgIpc) is 2.26. The number of rotatable bonds is 3. The third kappa shape index (κ3) is 3.80. The zero-order valence-corrected chi connectivity index (χ0v) is 8.35. The van der Waals surface area contributed by atoms with Crippen molar-refractivity contribution in [3.05, 3.63) is 10.4 Å². The van der Waals surface area contributed by atoms with Crippen LogP contribution in [0.25, 0.3) is 10.4 Å². The van der Waals surface area contributed by atoms with Gasteiger partial charge in [0.25, 0.3) is 0 Å². The smallest absolute Gasteiger partial charge is 0.314 e. The lowest BCUT2D eigenvalue weighted by molar-refractivity contribution is -0.143. The molecule has 1 aliphatic rings. The predicted molar refractivity (Wildman–Crippen MR) is 58.3 cm³/mol. The lowest BCUT2D eigenvalue weighted by atomic mass is 9.84. The van der Waals surface area contributed by atoms with E-state index in [1.165, 1.54) is 13.5 Å². The van der Waals surface area contributed by atoms with E-state index in [0.717, 1.165) is 25.7 Å². The third-order valence-corrected chi connectivity index (χ3v) is 2.72. The predicted octanol–water partition coefficient (Wildman–Crippen LogP) is 3.05. The Morgan fingerprint density at radius 2 is 2.07 bits per heavy atom. The highest BCUT2D eigenvalue weighted by Gasteiger charge is 2.29. The summed E-state index contributed by atoms with van der Waals surface area (Å²) in [6.45, 7) is 0. The number of esters is 1. The molecule has 86 valence electrons. The van der Waals surface area contributed by atoms with Crippen molar-refractivity contribution in [1.82, 2.24) is 0 Å². The van der Waals surface area contributed by atoms with Crippen LogP contribution in [-0.4, -0.2) is 19.1 Å². The minimum absolute atomic E-state index is 0. The average molecular weight is 213 g/mol. The molecule has 0 amide bonds. The summed E-state index contributed by atoms with van der Waals surface area (Å²) < 4.78 is 4.61. The summed E-state index contributed by atoms with van der Waals surface area (Å²) >= 11 is 0. The first-order valence-corrected chi connectivity index (χ1v) is 4.91. The van der Waals surface area contributed by atoms with Gasteiger partial charge in [0, 0.05) is 4.91 Å². The fourth-order valence-electron chi connectivity index (χ4n) is 1.96. The molecule has 1 saturated carbocycles. The maximum absolute atomic E-state index is 11.3. The number of nitrogens with zero attached hydrogens (tertiary/aromatic N) is 3. The maximum Gasteiger partial charge on any atom is 0.314 e. The molecule has 0 bridgehead atoms. The molecule has 1 aliphatic carbocycles. The molecular formula is C10H19N3O2. The molecule has 5 nitrogen and oxygen atoms in total. The van der Waals surface area contributed by atoms with Crippen molar-refractivity contribution in [3.8, 4) is 0 Å². The summed E-state index contributed by atoms with van der Waals surface area (Å²) in [7, 11) is 1.32. The van der Waals surface area contributed by atoms with Crippen molar-refractivity contribution in [2.75, 3.05) is 7.11 Å². The summed E-state index contributed by atoms with van der Waals surface area (Å²) in [5.41, 5.74) is 8.36. The number of ether oxygens (including phenoxy) is 1. The molecule has 0 aliphatic heterocycles. The Bertz CT molecular complexity index is 243. The SMILES string of the molecule is C.COC(=O)[C@H](N=[N+]=[N-])C1CCCCC1.